The van der Waals surface area contributed by atoms with Crippen LogP contribution in [0.2, 0.25) is 0 Å². The van der Waals surface area contributed by atoms with Gasteiger partial charge in [-0.15, -0.1) is 0 Å². The van der Waals surface area contributed by atoms with Crippen molar-refractivity contribution in [3.8, 4) is 0 Å². The van der Waals surface area contributed by atoms with Crippen molar-refractivity contribution in [3.05, 3.63) is 58.7 Å². The summed E-state index contributed by atoms with van der Waals surface area (Å²) < 4.78 is 0. The molecule has 2 aromatic rings. The van der Waals surface area contributed by atoms with E-state index < -0.39 is 0 Å². The number of hydrogen-bond acceptors (Lipinski definition) is 3. The molecule has 2 aliphatic rings. The Morgan fingerprint density at radius 1 is 0.778 bits per heavy atom. The summed E-state index contributed by atoms with van der Waals surface area (Å²) >= 11 is 0. The van der Waals surface area contributed by atoms with Crippen molar-refractivity contribution in [2.75, 3.05) is 36.0 Å². The third-order valence-corrected chi connectivity index (χ3v) is 8.33. The van der Waals surface area contributed by atoms with Crippen LogP contribution in [0.1, 0.15) is 88.5 Å². The number of hydrogen-bond donors (Lipinski definition) is 2. The molecule has 36 heavy (non-hydrogen) atoms. The summed E-state index contributed by atoms with van der Waals surface area (Å²) in [6.45, 7) is 21.0. The highest BCUT2D eigenvalue weighted by Crippen LogP contribution is 2.44. The van der Waals surface area contributed by atoms with Gasteiger partial charge in [-0.1, -0.05) is 38.1 Å². The van der Waals surface area contributed by atoms with Gasteiger partial charge in [-0.25, -0.2) is 4.79 Å². The van der Waals surface area contributed by atoms with Gasteiger partial charge in [0.2, 0.25) is 0 Å². The zero-order chi connectivity index (χ0) is 26.3. The van der Waals surface area contributed by atoms with E-state index in [1.807, 2.05) is 0 Å². The maximum absolute atomic E-state index is 12.7. The van der Waals surface area contributed by atoms with Gasteiger partial charge in [0.1, 0.15) is 0 Å². The first-order valence-corrected chi connectivity index (χ1v) is 13.7. The fourth-order valence-electron chi connectivity index (χ4n) is 6.67. The molecule has 5 nitrogen and oxygen atoms in total. The van der Waals surface area contributed by atoms with Crippen molar-refractivity contribution in [1.29, 1.82) is 0 Å². The predicted molar refractivity (Wildman–Crippen MR) is 153 cm³/mol. The van der Waals surface area contributed by atoms with Crippen LogP contribution in [-0.2, 0) is 0 Å². The molecule has 0 radical (unpaired) electrons. The number of nitrogens with zero attached hydrogens (tertiary/aromatic N) is 2. The number of amides is 2. The fraction of sp³-hybridized carbons (Fsp3) is 0.581. The standard InChI is InChI=1S/C31H46N4O/c1-21-9-11-25-23(3)19-30(5,6)34(27(25)17-21)15-13-32-29(36)33-14-16-35-28-18-22(2)10-12-26(28)24(4)20-31(35,7)8/h9-12,17-18,23-24H,13-16,19-20H2,1-8H3,(H2,32,33,36). The van der Waals surface area contributed by atoms with Crippen LogP contribution >= 0.6 is 0 Å². The summed E-state index contributed by atoms with van der Waals surface area (Å²) in [7, 11) is 0. The fourth-order valence-corrected chi connectivity index (χ4v) is 6.67. The second kappa shape index (κ2) is 9.99. The summed E-state index contributed by atoms with van der Waals surface area (Å²) in [5.74, 6) is 1.08. The van der Waals surface area contributed by atoms with Gasteiger partial charge in [-0.3, -0.25) is 0 Å². The number of fused-ring (bicyclic) bond motifs is 2. The average Bonchev–Trinajstić information content (AvgIpc) is 2.77. The molecule has 2 aliphatic heterocycles. The Kier molecular flexibility index (Phi) is 7.32. The minimum absolute atomic E-state index is 0.0564. The lowest BCUT2D eigenvalue weighted by atomic mass is 9.80. The summed E-state index contributed by atoms with van der Waals surface area (Å²) in [5, 5.41) is 6.22. The number of anilines is 2. The van der Waals surface area contributed by atoms with E-state index in [0.29, 0.717) is 24.9 Å². The van der Waals surface area contributed by atoms with Crippen molar-refractivity contribution in [3.63, 3.8) is 0 Å². The molecule has 4 rings (SSSR count). The largest absolute Gasteiger partial charge is 0.364 e. The van der Waals surface area contributed by atoms with Gasteiger partial charge in [0.25, 0.3) is 0 Å². The summed E-state index contributed by atoms with van der Waals surface area (Å²) in [4.78, 5) is 17.7. The van der Waals surface area contributed by atoms with Gasteiger partial charge >= 0.3 is 6.03 Å². The minimum Gasteiger partial charge on any atom is -0.364 e. The van der Waals surface area contributed by atoms with E-state index in [9.17, 15) is 4.79 Å². The van der Waals surface area contributed by atoms with Gasteiger partial charge in [0.05, 0.1) is 0 Å². The number of carbonyl (C=O) groups is 1. The number of benzene rings is 2. The van der Waals surface area contributed by atoms with Crippen LogP contribution in [-0.4, -0.2) is 43.3 Å². The summed E-state index contributed by atoms with van der Waals surface area (Å²) in [5.41, 5.74) is 8.13. The molecule has 2 unspecified atom stereocenters. The molecule has 2 aromatic carbocycles. The molecule has 0 spiro atoms. The van der Waals surface area contributed by atoms with Crippen molar-refractivity contribution in [2.24, 2.45) is 0 Å². The quantitative estimate of drug-likeness (QED) is 0.487. The van der Waals surface area contributed by atoms with Crippen molar-refractivity contribution in [2.45, 2.75) is 91.1 Å². The monoisotopic (exact) mass is 490 g/mol. The molecule has 2 amide bonds. The van der Waals surface area contributed by atoms with Gasteiger partial charge in [-0.2, -0.15) is 0 Å². The van der Waals surface area contributed by atoms with E-state index in [2.05, 4.69) is 112 Å². The second-order valence-electron chi connectivity index (χ2n) is 12.4. The third-order valence-electron chi connectivity index (χ3n) is 8.33. The lowest BCUT2D eigenvalue weighted by Gasteiger charge is -2.48. The van der Waals surface area contributed by atoms with Crippen LogP contribution in [0.5, 0.6) is 0 Å². The Bertz CT molecular complexity index is 1020. The normalized spacial score (nSPS) is 22.0. The van der Waals surface area contributed by atoms with Crippen molar-refractivity contribution in [1.82, 2.24) is 10.6 Å². The van der Waals surface area contributed by atoms with E-state index in [1.54, 1.807) is 0 Å². The van der Waals surface area contributed by atoms with Crippen LogP contribution in [0.25, 0.3) is 0 Å². The Hall–Kier alpha value is -2.69. The Morgan fingerprint density at radius 2 is 1.17 bits per heavy atom. The number of nitrogens with one attached hydrogen (secondary N) is 2. The molecule has 0 saturated carbocycles. The molecular weight excluding hydrogens is 444 g/mol. The lowest BCUT2D eigenvalue weighted by molar-refractivity contribution is 0.240. The lowest BCUT2D eigenvalue weighted by Crippen LogP contribution is -2.53. The predicted octanol–water partition coefficient (Wildman–Crippen LogP) is 6.49. The molecule has 2 N–H and O–H groups in total. The first-order chi connectivity index (χ1) is 16.9. The van der Waals surface area contributed by atoms with Crippen molar-refractivity contribution < 1.29 is 4.79 Å². The van der Waals surface area contributed by atoms with Gasteiger partial charge in [0, 0.05) is 48.6 Å². The Labute approximate surface area is 218 Å². The minimum atomic E-state index is -0.0877. The van der Waals surface area contributed by atoms with E-state index >= 15 is 0 Å². The van der Waals surface area contributed by atoms with Gasteiger partial charge in [0.15, 0.2) is 0 Å². The maximum Gasteiger partial charge on any atom is 0.314 e. The van der Waals surface area contributed by atoms with E-state index in [-0.39, 0.29) is 17.1 Å². The number of rotatable bonds is 6. The SMILES string of the molecule is Cc1ccc2c(c1)N(CCNC(=O)NCCN1c3cc(C)ccc3C(C)CC1(C)C)C(C)(C)CC2C. The molecule has 0 bridgehead atoms. The molecule has 2 heterocycles. The van der Waals surface area contributed by atoms with E-state index in [0.717, 1.165) is 25.9 Å². The molecule has 0 aromatic heterocycles. The van der Waals surface area contributed by atoms with Crippen LogP contribution in [0.3, 0.4) is 0 Å². The van der Waals surface area contributed by atoms with Crippen LogP contribution < -0.4 is 20.4 Å². The molecular formula is C31H46N4O. The maximum atomic E-state index is 12.7. The topological polar surface area (TPSA) is 47.6 Å². The Balaban J connectivity index is 1.33. The van der Waals surface area contributed by atoms with Gasteiger partial charge < -0.3 is 20.4 Å². The molecule has 2 atom stereocenters. The molecule has 0 saturated heterocycles. The Morgan fingerprint density at radius 3 is 1.56 bits per heavy atom. The average molecular weight is 491 g/mol. The molecule has 5 heteroatoms. The van der Waals surface area contributed by atoms with Crippen molar-refractivity contribution >= 4 is 17.4 Å². The first kappa shape index (κ1) is 26.4. The molecule has 0 aliphatic carbocycles. The number of aryl methyl sites for hydroxylation is 2. The smallest absolute Gasteiger partial charge is 0.314 e. The van der Waals surface area contributed by atoms with E-state index in [1.165, 1.54) is 33.6 Å². The second-order valence-corrected chi connectivity index (χ2v) is 12.4. The molecule has 196 valence electrons. The third kappa shape index (κ3) is 5.35. The van der Waals surface area contributed by atoms with Crippen LogP contribution in [0.15, 0.2) is 36.4 Å². The zero-order valence-electron chi connectivity index (χ0n) is 23.7. The highest BCUT2D eigenvalue weighted by molar-refractivity contribution is 5.74. The number of carbonyl (C=O) groups excluding carboxylic acids is 1. The van der Waals surface area contributed by atoms with Crippen LogP contribution in [0, 0.1) is 13.8 Å². The van der Waals surface area contributed by atoms with E-state index in [4.69, 9.17) is 0 Å². The summed E-state index contributed by atoms with van der Waals surface area (Å²) in [6, 6.07) is 13.5. The van der Waals surface area contributed by atoms with Crippen LogP contribution in [0.4, 0.5) is 16.2 Å². The van der Waals surface area contributed by atoms with Gasteiger partial charge in [-0.05, 0) is 101 Å². The summed E-state index contributed by atoms with van der Waals surface area (Å²) in [6.07, 6.45) is 2.22. The zero-order valence-corrected chi connectivity index (χ0v) is 23.7. The first-order valence-electron chi connectivity index (χ1n) is 13.7. The number of urea groups is 1. The highest BCUT2D eigenvalue weighted by Gasteiger charge is 2.37. The highest BCUT2D eigenvalue weighted by atomic mass is 16.2. The molecule has 0 fully saturated rings.